The van der Waals surface area contributed by atoms with Gasteiger partial charge >= 0.3 is 12.0 Å². The Morgan fingerprint density at radius 3 is 2.58 bits per heavy atom. The Labute approximate surface area is 212 Å². The van der Waals surface area contributed by atoms with Gasteiger partial charge in [0.15, 0.2) is 0 Å². The van der Waals surface area contributed by atoms with Gasteiger partial charge in [-0.25, -0.2) is 14.8 Å². The summed E-state index contributed by atoms with van der Waals surface area (Å²) in [5.74, 6) is 0.470. The van der Waals surface area contributed by atoms with Crippen LogP contribution < -0.4 is 20.8 Å². The first-order valence-corrected chi connectivity index (χ1v) is 12.5. The van der Waals surface area contributed by atoms with Crippen molar-refractivity contribution in [1.29, 1.82) is 0 Å². The molecule has 0 bridgehead atoms. The highest BCUT2D eigenvalue weighted by atomic mass is 16.6. The van der Waals surface area contributed by atoms with Crippen LogP contribution in [0.25, 0.3) is 0 Å². The number of rotatable bonds is 9. The molecule has 0 radical (unpaired) electrons. The summed E-state index contributed by atoms with van der Waals surface area (Å²) in [6, 6.07) is 5.11. The molecule has 0 atom stereocenters. The maximum absolute atomic E-state index is 12.4. The number of amides is 3. The second kappa shape index (κ2) is 12.6. The van der Waals surface area contributed by atoms with Crippen molar-refractivity contribution >= 4 is 29.6 Å². The first-order valence-electron chi connectivity index (χ1n) is 12.5. The van der Waals surface area contributed by atoms with Gasteiger partial charge in [0, 0.05) is 38.7 Å². The van der Waals surface area contributed by atoms with Crippen LogP contribution in [-0.4, -0.2) is 72.2 Å². The van der Waals surface area contributed by atoms with E-state index in [0.717, 1.165) is 31.5 Å². The Morgan fingerprint density at radius 1 is 1.14 bits per heavy atom. The molecule has 3 amide bonds. The number of esters is 1. The molecule has 3 rings (SSSR count). The van der Waals surface area contributed by atoms with Crippen molar-refractivity contribution in [2.24, 2.45) is 4.99 Å². The average Bonchev–Trinajstić information content (AvgIpc) is 3.29. The Balaban J connectivity index is 1.60. The van der Waals surface area contributed by atoms with Gasteiger partial charge in [0.2, 0.25) is 11.9 Å². The molecule has 11 heteroatoms. The zero-order valence-corrected chi connectivity index (χ0v) is 21.7. The van der Waals surface area contributed by atoms with Crippen LogP contribution in [0.3, 0.4) is 0 Å². The quantitative estimate of drug-likeness (QED) is 0.350. The molecule has 2 aliphatic rings. The smallest absolute Gasteiger partial charge is 0.326 e. The summed E-state index contributed by atoms with van der Waals surface area (Å²) in [5.41, 5.74) is 3.84. The molecule has 11 nitrogen and oxygen atoms in total. The summed E-state index contributed by atoms with van der Waals surface area (Å²) in [6.45, 7) is 10.2. The molecule has 2 aliphatic heterocycles. The number of fused-ring (bicyclic) bond motifs is 1. The monoisotopic (exact) mass is 502 g/mol. The maximum atomic E-state index is 12.4. The van der Waals surface area contributed by atoms with E-state index in [0.29, 0.717) is 44.0 Å². The molecule has 2 heterocycles. The minimum absolute atomic E-state index is 0.00157. The lowest BCUT2D eigenvalue weighted by Gasteiger charge is -2.31. The fourth-order valence-electron chi connectivity index (χ4n) is 3.89. The van der Waals surface area contributed by atoms with E-state index in [1.54, 1.807) is 31.7 Å². The van der Waals surface area contributed by atoms with Gasteiger partial charge in [-0.1, -0.05) is 6.07 Å². The molecule has 1 aromatic carbocycles. The average molecular weight is 503 g/mol. The van der Waals surface area contributed by atoms with E-state index in [1.807, 2.05) is 24.1 Å². The summed E-state index contributed by atoms with van der Waals surface area (Å²) in [6.07, 6.45) is 3.21. The van der Waals surface area contributed by atoms with Gasteiger partial charge in [0.25, 0.3) is 0 Å². The van der Waals surface area contributed by atoms with Crippen molar-refractivity contribution in [3.63, 3.8) is 0 Å². The topological polar surface area (TPSA) is 125 Å². The number of ether oxygens (including phenoxy) is 2. The van der Waals surface area contributed by atoms with Crippen LogP contribution in [-0.2, 0) is 20.9 Å². The molecule has 1 fully saturated rings. The van der Waals surface area contributed by atoms with Gasteiger partial charge < -0.3 is 19.7 Å². The van der Waals surface area contributed by atoms with E-state index in [2.05, 4.69) is 21.1 Å². The van der Waals surface area contributed by atoms with Crippen molar-refractivity contribution < 1.29 is 23.9 Å². The van der Waals surface area contributed by atoms with E-state index in [-0.39, 0.29) is 18.4 Å². The maximum Gasteiger partial charge on any atom is 0.326 e. The number of hydrogen-bond donors (Lipinski definition) is 3. The molecule has 1 aromatic rings. The molecule has 0 spiro atoms. The standard InChI is InChI=1S/C25H38N6O5/c1-5-26-24(34)28-23-27-20-15-19(35-14-8-9-21(32)29-31-12-6-7-13-31)11-10-18(20)16-30(23)17-22(33)36-25(2,3)4/h10-11,15H,5-9,12-14,16-17H2,1-4H3,(H,29,32)(H2,26,27,28,34). The number of nitrogens with one attached hydrogen (secondary N) is 3. The highest BCUT2D eigenvalue weighted by Crippen LogP contribution is 2.30. The molecule has 0 aliphatic carbocycles. The first kappa shape index (κ1) is 27.3. The molecule has 3 N–H and O–H groups in total. The normalized spacial score (nSPS) is 15.6. The second-order valence-corrected chi connectivity index (χ2v) is 9.83. The highest BCUT2D eigenvalue weighted by molar-refractivity contribution is 5.99. The Morgan fingerprint density at radius 2 is 1.89 bits per heavy atom. The number of benzene rings is 1. The molecule has 36 heavy (non-hydrogen) atoms. The van der Waals surface area contributed by atoms with Crippen LogP contribution >= 0.6 is 0 Å². The third kappa shape index (κ3) is 8.71. The van der Waals surface area contributed by atoms with Crippen molar-refractivity contribution in [2.75, 3.05) is 32.8 Å². The number of urea groups is 1. The number of carbonyl (C=O) groups excluding carboxylic acids is 3. The SMILES string of the molecule is CCNC(=O)NC1=Nc2cc(OCCCC(=O)NN3CCCC3)ccc2CN1CC(=O)OC(C)(C)C. The molecule has 0 unspecified atom stereocenters. The predicted octanol–water partition coefficient (Wildman–Crippen LogP) is 2.44. The van der Waals surface area contributed by atoms with Crippen molar-refractivity contribution in [3.8, 4) is 5.75 Å². The van der Waals surface area contributed by atoms with Gasteiger partial charge in [-0.05, 0) is 58.6 Å². The zero-order valence-electron chi connectivity index (χ0n) is 21.7. The van der Waals surface area contributed by atoms with E-state index in [9.17, 15) is 14.4 Å². The highest BCUT2D eigenvalue weighted by Gasteiger charge is 2.26. The van der Waals surface area contributed by atoms with Crippen LogP contribution in [0.5, 0.6) is 5.75 Å². The Hall–Kier alpha value is -3.34. The van der Waals surface area contributed by atoms with Crippen LogP contribution in [0.2, 0.25) is 0 Å². The fraction of sp³-hybridized carbons (Fsp3) is 0.600. The zero-order chi connectivity index (χ0) is 26.1. The van der Waals surface area contributed by atoms with Crippen molar-refractivity contribution in [1.82, 2.24) is 26.0 Å². The van der Waals surface area contributed by atoms with Crippen LogP contribution in [0, 0.1) is 0 Å². The third-order valence-corrected chi connectivity index (χ3v) is 5.45. The molecule has 198 valence electrons. The first-order chi connectivity index (χ1) is 17.1. The summed E-state index contributed by atoms with van der Waals surface area (Å²) >= 11 is 0. The van der Waals surface area contributed by atoms with E-state index >= 15 is 0 Å². The molecule has 0 aromatic heterocycles. The number of aliphatic imine (C=N–C) groups is 1. The number of hydrazine groups is 1. The molecule has 1 saturated heterocycles. The minimum atomic E-state index is -0.615. The van der Waals surface area contributed by atoms with Crippen LogP contribution in [0.4, 0.5) is 10.5 Å². The number of nitrogens with zero attached hydrogens (tertiary/aromatic N) is 3. The molecule has 0 saturated carbocycles. The van der Waals surface area contributed by atoms with Gasteiger partial charge in [0.05, 0.1) is 12.3 Å². The summed E-state index contributed by atoms with van der Waals surface area (Å²) < 4.78 is 11.3. The second-order valence-electron chi connectivity index (χ2n) is 9.83. The lowest BCUT2D eigenvalue weighted by molar-refractivity contribution is -0.155. The van der Waals surface area contributed by atoms with E-state index < -0.39 is 17.6 Å². The number of hydrogen-bond acceptors (Lipinski definition) is 8. The van der Waals surface area contributed by atoms with Gasteiger partial charge in [-0.2, -0.15) is 0 Å². The van der Waals surface area contributed by atoms with Crippen molar-refractivity contribution in [3.05, 3.63) is 23.8 Å². The fourth-order valence-corrected chi connectivity index (χ4v) is 3.89. The van der Waals surface area contributed by atoms with Crippen molar-refractivity contribution in [2.45, 2.75) is 65.5 Å². The Kier molecular flexibility index (Phi) is 9.51. The number of guanidine groups is 1. The van der Waals surface area contributed by atoms with Gasteiger partial charge in [-0.15, -0.1) is 0 Å². The summed E-state index contributed by atoms with van der Waals surface area (Å²) in [5, 5.41) is 7.36. The molecular formula is C25H38N6O5. The summed E-state index contributed by atoms with van der Waals surface area (Å²) in [7, 11) is 0. The number of carbonyl (C=O) groups is 3. The van der Waals surface area contributed by atoms with E-state index in [4.69, 9.17) is 9.47 Å². The lowest BCUT2D eigenvalue weighted by atomic mass is 10.1. The van der Waals surface area contributed by atoms with E-state index in [1.165, 1.54) is 0 Å². The lowest BCUT2D eigenvalue weighted by Crippen LogP contribution is -2.50. The minimum Gasteiger partial charge on any atom is -0.494 e. The van der Waals surface area contributed by atoms with Gasteiger partial charge in [-0.3, -0.25) is 20.3 Å². The van der Waals surface area contributed by atoms with Gasteiger partial charge in [0.1, 0.15) is 17.9 Å². The Bertz CT molecular complexity index is 968. The molecular weight excluding hydrogens is 464 g/mol. The summed E-state index contributed by atoms with van der Waals surface area (Å²) in [4.78, 5) is 42.9. The van der Waals surface area contributed by atoms with Crippen LogP contribution in [0.15, 0.2) is 23.2 Å². The van der Waals surface area contributed by atoms with Crippen LogP contribution in [0.1, 0.15) is 58.9 Å². The predicted molar refractivity (Wildman–Crippen MR) is 136 cm³/mol. The third-order valence-electron chi connectivity index (χ3n) is 5.45. The largest absolute Gasteiger partial charge is 0.494 e.